The van der Waals surface area contributed by atoms with Crippen molar-refractivity contribution in [2.24, 2.45) is 11.8 Å². The van der Waals surface area contributed by atoms with Gasteiger partial charge in [0.2, 0.25) is 5.95 Å². The predicted molar refractivity (Wildman–Crippen MR) is 156 cm³/mol. The first kappa shape index (κ1) is 27.1. The lowest BCUT2D eigenvalue weighted by Crippen LogP contribution is -2.44. The largest absolute Gasteiger partial charge is 0.378 e. The molecule has 1 saturated carbocycles. The van der Waals surface area contributed by atoms with E-state index in [1.807, 2.05) is 12.1 Å². The number of aromatic nitrogens is 2. The van der Waals surface area contributed by atoms with Gasteiger partial charge in [-0.05, 0) is 61.0 Å². The molecule has 0 unspecified atom stereocenters. The second kappa shape index (κ2) is 12.1. The number of hydrogen-bond acceptors (Lipinski definition) is 6. The fourth-order valence-electron chi connectivity index (χ4n) is 6.44. The molecule has 0 radical (unpaired) electrons. The number of hydrogen-bond donors (Lipinski definition) is 2. The van der Waals surface area contributed by atoms with E-state index in [0.717, 1.165) is 50.7 Å². The van der Waals surface area contributed by atoms with Crippen molar-refractivity contribution in [3.05, 3.63) is 41.7 Å². The normalized spacial score (nSPS) is 23.7. The predicted octanol–water partition coefficient (Wildman–Crippen LogP) is 5.12. The van der Waals surface area contributed by atoms with Crippen LogP contribution in [0.15, 0.2) is 30.3 Å². The summed E-state index contributed by atoms with van der Waals surface area (Å²) in [6.07, 6.45) is 6.94. The van der Waals surface area contributed by atoms with Crippen LogP contribution in [0.5, 0.6) is 0 Å². The van der Waals surface area contributed by atoms with Gasteiger partial charge in [0.15, 0.2) is 5.11 Å². The highest BCUT2D eigenvalue weighted by molar-refractivity contribution is 7.80. The minimum Gasteiger partial charge on any atom is -0.378 e. The van der Waals surface area contributed by atoms with Gasteiger partial charge in [-0.1, -0.05) is 45.2 Å². The Kier molecular flexibility index (Phi) is 8.63. The van der Waals surface area contributed by atoms with E-state index in [4.69, 9.17) is 26.9 Å². The summed E-state index contributed by atoms with van der Waals surface area (Å²) >= 11 is 5.75. The highest BCUT2D eigenvalue weighted by atomic mass is 32.1. The van der Waals surface area contributed by atoms with Crippen LogP contribution in [0.25, 0.3) is 0 Å². The van der Waals surface area contributed by atoms with Crippen LogP contribution >= 0.6 is 12.2 Å². The first-order valence-corrected chi connectivity index (χ1v) is 14.6. The lowest BCUT2D eigenvalue weighted by Gasteiger charge is -2.38. The summed E-state index contributed by atoms with van der Waals surface area (Å²) < 4.78 is 19.2. The highest BCUT2D eigenvalue weighted by Gasteiger charge is 2.34. The maximum Gasteiger partial charge on any atom is 0.232 e. The molecule has 0 spiro atoms. The van der Waals surface area contributed by atoms with Gasteiger partial charge in [-0.3, -0.25) is 0 Å². The van der Waals surface area contributed by atoms with Gasteiger partial charge in [-0.15, -0.1) is 0 Å². The Morgan fingerprint density at radius 2 is 1.63 bits per heavy atom. The Morgan fingerprint density at radius 3 is 2.29 bits per heavy atom. The average Bonchev–Trinajstić information content (AvgIpc) is 2.92. The standard InChI is InChI=1S/C29H41FN6OS/c1-21-16-22(2)19-36(18-21)26-17-25(35-12-14-37-15-13-35)32-27(33-26)34-28(38)31-20-29(10-4-3-5-11-29)23-6-8-24(30)9-7-23/h6-9,17,21-22H,3-5,10-16,18-20H2,1-2H3,(H2,31,32,33,34,38)/t21-,22+. The molecular weight excluding hydrogens is 499 g/mol. The molecule has 7 nitrogen and oxygen atoms in total. The molecule has 0 amide bonds. The lowest BCUT2D eigenvalue weighted by atomic mass is 9.69. The van der Waals surface area contributed by atoms with Crippen molar-refractivity contribution in [1.29, 1.82) is 0 Å². The molecule has 5 rings (SSSR count). The number of halogens is 1. The van der Waals surface area contributed by atoms with E-state index in [1.165, 1.54) is 31.2 Å². The SMILES string of the molecule is C[C@@H]1C[C@H](C)CN(c2cc(N3CCOCC3)nc(NC(=S)NCC3(c4ccc(F)cc4)CCCCC3)n2)C1. The van der Waals surface area contributed by atoms with Crippen molar-refractivity contribution in [2.75, 3.05) is 61.1 Å². The van der Waals surface area contributed by atoms with E-state index < -0.39 is 0 Å². The second-order valence-corrected chi connectivity index (χ2v) is 11.9. The van der Waals surface area contributed by atoms with Crippen molar-refractivity contribution in [3.63, 3.8) is 0 Å². The molecule has 2 saturated heterocycles. The Hall–Kier alpha value is -2.52. The first-order valence-electron chi connectivity index (χ1n) is 14.2. The van der Waals surface area contributed by atoms with E-state index in [9.17, 15) is 4.39 Å². The minimum atomic E-state index is -0.199. The number of thiocarbonyl (C=S) groups is 1. The van der Waals surface area contributed by atoms with Gasteiger partial charge in [0.1, 0.15) is 17.5 Å². The zero-order valence-electron chi connectivity index (χ0n) is 22.7. The molecule has 2 atom stereocenters. The first-order chi connectivity index (χ1) is 18.4. The number of piperidine rings is 1. The van der Waals surface area contributed by atoms with Crippen LogP contribution in [0.1, 0.15) is 57.9 Å². The van der Waals surface area contributed by atoms with Gasteiger partial charge in [0.25, 0.3) is 0 Å². The summed E-state index contributed by atoms with van der Waals surface area (Å²) in [5.74, 6) is 3.42. The summed E-state index contributed by atoms with van der Waals surface area (Å²) in [7, 11) is 0. The fraction of sp³-hybridized carbons (Fsp3) is 0.621. The van der Waals surface area contributed by atoms with E-state index in [-0.39, 0.29) is 11.2 Å². The zero-order chi connectivity index (χ0) is 26.5. The lowest BCUT2D eigenvalue weighted by molar-refractivity contribution is 0.122. The van der Waals surface area contributed by atoms with Crippen molar-refractivity contribution < 1.29 is 9.13 Å². The van der Waals surface area contributed by atoms with Crippen LogP contribution in [0.3, 0.4) is 0 Å². The van der Waals surface area contributed by atoms with Crippen molar-refractivity contribution >= 4 is 34.9 Å². The molecule has 38 heavy (non-hydrogen) atoms. The van der Waals surface area contributed by atoms with Crippen LogP contribution in [-0.4, -0.2) is 61.0 Å². The molecule has 206 valence electrons. The van der Waals surface area contributed by atoms with Gasteiger partial charge in [0.05, 0.1) is 13.2 Å². The van der Waals surface area contributed by atoms with Crippen molar-refractivity contribution in [2.45, 2.75) is 57.8 Å². The van der Waals surface area contributed by atoms with Crippen LogP contribution in [0.4, 0.5) is 22.0 Å². The third kappa shape index (κ3) is 6.54. The molecule has 3 aliphatic rings. The van der Waals surface area contributed by atoms with Crippen LogP contribution in [-0.2, 0) is 10.2 Å². The third-order valence-corrected chi connectivity index (χ3v) is 8.55. The Labute approximate surface area is 231 Å². The fourth-order valence-corrected chi connectivity index (χ4v) is 6.60. The summed E-state index contributed by atoms with van der Waals surface area (Å²) in [6.45, 7) is 10.3. The van der Waals surface area contributed by atoms with Crippen LogP contribution in [0, 0.1) is 17.7 Å². The second-order valence-electron chi connectivity index (χ2n) is 11.5. The van der Waals surface area contributed by atoms with E-state index in [0.29, 0.717) is 42.7 Å². The highest BCUT2D eigenvalue weighted by Crippen LogP contribution is 2.39. The van der Waals surface area contributed by atoms with Gasteiger partial charge in [-0.2, -0.15) is 9.97 Å². The molecule has 1 aliphatic carbocycles. The maximum atomic E-state index is 13.6. The number of rotatable bonds is 6. The number of morpholine rings is 1. The molecule has 2 aromatic rings. The Balaban J connectivity index is 1.33. The monoisotopic (exact) mass is 540 g/mol. The number of ether oxygens (including phenoxy) is 1. The zero-order valence-corrected chi connectivity index (χ0v) is 23.5. The van der Waals surface area contributed by atoms with Crippen molar-refractivity contribution in [3.8, 4) is 0 Å². The molecule has 3 heterocycles. The summed E-state index contributed by atoms with van der Waals surface area (Å²) in [5, 5.41) is 7.28. The number of anilines is 3. The number of nitrogens with one attached hydrogen (secondary N) is 2. The molecular formula is C29H41FN6OS. The molecule has 2 aliphatic heterocycles. The van der Waals surface area contributed by atoms with Gasteiger partial charge < -0.3 is 25.2 Å². The summed E-state index contributed by atoms with van der Waals surface area (Å²) in [5.41, 5.74) is 1.12. The molecule has 2 N–H and O–H groups in total. The van der Waals surface area contributed by atoms with E-state index in [2.05, 4.69) is 40.3 Å². The smallest absolute Gasteiger partial charge is 0.232 e. The topological polar surface area (TPSA) is 65.6 Å². The molecule has 1 aromatic carbocycles. The molecule has 1 aromatic heterocycles. The van der Waals surface area contributed by atoms with Gasteiger partial charge >= 0.3 is 0 Å². The van der Waals surface area contributed by atoms with Crippen LogP contribution in [0.2, 0.25) is 0 Å². The summed E-state index contributed by atoms with van der Waals surface area (Å²) in [4.78, 5) is 14.4. The maximum absolute atomic E-state index is 13.6. The quantitative estimate of drug-likeness (QED) is 0.490. The van der Waals surface area contributed by atoms with Gasteiger partial charge in [0, 0.05) is 44.2 Å². The Morgan fingerprint density at radius 1 is 1.00 bits per heavy atom. The molecule has 0 bridgehead atoms. The number of benzene rings is 1. The van der Waals surface area contributed by atoms with Gasteiger partial charge in [-0.25, -0.2) is 4.39 Å². The average molecular weight is 541 g/mol. The van der Waals surface area contributed by atoms with E-state index >= 15 is 0 Å². The van der Waals surface area contributed by atoms with E-state index in [1.54, 1.807) is 12.1 Å². The molecule has 9 heteroatoms. The number of nitrogens with zero attached hydrogens (tertiary/aromatic N) is 4. The minimum absolute atomic E-state index is 0.0561. The van der Waals surface area contributed by atoms with Crippen LogP contribution < -0.4 is 20.4 Å². The third-order valence-electron chi connectivity index (χ3n) is 8.31. The molecule has 3 fully saturated rings. The summed E-state index contributed by atoms with van der Waals surface area (Å²) in [6, 6.07) is 9.11. The Bertz CT molecular complexity index is 1080. The van der Waals surface area contributed by atoms with Crippen molar-refractivity contribution in [1.82, 2.24) is 15.3 Å².